The van der Waals surface area contributed by atoms with Gasteiger partial charge >= 0.3 is 11.8 Å². The van der Waals surface area contributed by atoms with E-state index >= 15 is 4.39 Å². The minimum Gasteiger partial charge on any atom is -0.465 e. The van der Waals surface area contributed by atoms with Gasteiger partial charge in [-0.15, -0.1) is 0 Å². The number of H-pyrrole nitrogens is 1. The van der Waals surface area contributed by atoms with Crippen LogP contribution in [0.15, 0.2) is 59.7 Å². The molecule has 0 spiro atoms. The van der Waals surface area contributed by atoms with Gasteiger partial charge < -0.3 is 5.11 Å². The number of nitrogens with zero attached hydrogens (tertiary/aromatic N) is 5. The number of carboxylic acid groups (broad SMARTS) is 1. The van der Waals surface area contributed by atoms with Crippen LogP contribution < -0.4 is 5.69 Å². The molecule has 0 radical (unpaired) electrons. The van der Waals surface area contributed by atoms with Crippen molar-refractivity contribution in [3.05, 3.63) is 93.8 Å². The van der Waals surface area contributed by atoms with E-state index in [1.54, 1.807) is 24.4 Å². The van der Waals surface area contributed by atoms with E-state index in [1.165, 1.54) is 22.9 Å². The van der Waals surface area contributed by atoms with Gasteiger partial charge in [0.25, 0.3) is 0 Å². The van der Waals surface area contributed by atoms with E-state index in [4.69, 9.17) is 0 Å². The van der Waals surface area contributed by atoms with Crippen LogP contribution in [0.2, 0.25) is 0 Å². The summed E-state index contributed by atoms with van der Waals surface area (Å²) < 4.78 is 32.3. The van der Waals surface area contributed by atoms with E-state index < -0.39 is 47.0 Å². The van der Waals surface area contributed by atoms with Crippen LogP contribution in [0.25, 0.3) is 11.2 Å². The molecular weight excluding hydrogens is 518 g/mol. The monoisotopic (exact) mass is 544 g/mol. The Labute approximate surface area is 227 Å². The van der Waals surface area contributed by atoms with Gasteiger partial charge in [-0.3, -0.25) is 19.4 Å². The number of halogens is 2. The zero-order valence-corrected chi connectivity index (χ0v) is 21.4. The number of carbonyl (C=O) groups is 1. The summed E-state index contributed by atoms with van der Waals surface area (Å²) in [5.41, 5.74) is -0.0889. The molecular formula is C29H26F2N6O3. The maximum atomic E-state index is 16.0. The van der Waals surface area contributed by atoms with Crippen LogP contribution in [-0.2, 0) is 12.0 Å². The molecule has 1 fully saturated rings. The number of fused-ring (bicyclic) bond motifs is 2. The second kappa shape index (κ2) is 9.86. The van der Waals surface area contributed by atoms with E-state index in [9.17, 15) is 24.3 Å². The van der Waals surface area contributed by atoms with Crippen molar-refractivity contribution in [1.29, 1.82) is 5.26 Å². The van der Waals surface area contributed by atoms with Crippen molar-refractivity contribution in [3.8, 4) is 6.07 Å². The highest BCUT2D eigenvalue weighted by atomic mass is 19.2. The van der Waals surface area contributed by atoms with Gasteiger partial charge in [0.1, 0.15) is 6.04 Å². The first-order valence-electron chi connectivity index (χ1n) is 13.2. The molecule has 2 aliphatic rings. The normalized spacial score (nSPS) is 24.7. The molecule has 6 rings (SSSR count). The van der Waals surface area contributed by atoms with Gasteiger partial charge in [-0.25, -0.2) is 23.4 Å². The third kappa shape index (κ3) is 3.86. The predicted molar refractivity (Wildman–Crippen MR) is 140 cm³/mol. The number of pyridine rings is 2. The standard InChI is InChI=1S/C29H26F2N6O3/c30-22-10-3-9-20(24(22)31)29(21-8-2-1-6-17-7-4-12-33-25(17)21)15-18(14-19(16-32)37(29)28(39)40)36-23-11-5-13-34-26(23)35-27(36)38/h3-5,7,9-13,18-19,21H,1-2,6,8,14-15H2,(H,39,40)(H,34,35,38)/t18-,19-,21?,29?/m0/s1. The SMILES string of the molecule is N#C[C@@H]1C[C@H](n2c(=O)[nH]c3ncccc32)CC(c2cccc(F)c2F)(C2CCCCc3cccnc32)N1C(=O)O. The summed E-state index contributed by atoms with van der Waals surface area (Å²) in [6, 6.07) is 10.9. The fraction of sp³-hybridized carbons (Fsp3) is 0.345. The lowest BCUT2D eigenvalue weighted by Crippen LogP contribution is -2.61. The Balaban J connectivity index is 1.68. The highest BCUT2D eigenvalue weighted by molar-refractivity contribution is 5.71. The third-order valence-corrected chi connectivity index (χ3v) is 8.43. The number of amides is 1. The number of aryl methyl sites for hydroxylation is 1. The number of aromatic amines is 1. The lowest BCUT2D eigenvalue weighted by atomic mass is 9.65. The number of hydrogen-bond acceptors (Lipinski definition) is 5. The number of benzene rings is 1. The molecule has 204 valence electrons. The van der Waals surface area contributed by atoms with Crippen molar-refractivity contribution in [3.63, 3.8) is 0 Å². The lowest BCUT2D eigenvalue weighted by molar-refractivity contribution is -0.0179. The van der Waals surface area contributed by atoms with Crippen molar-refractivity contribution in [2.75, 3.05) is 0 Å². The summed E-state index contributed by atoms with van der Waals surface area (Å²) >= 11 is 0. The predicted octanol–water partition coefficient (Wildman–Crippen LogP) is 5.01. The van der Waals surface area contributed by atoms with Crippen molar-refractivity contribution < 1.29 is 18.7 Å². The molecule has 2 unspecified atom stereocenters. The molecule has 1 aliphatic carbocycles. The van der Waals surface area contributed by atoms with Crippen LogP contribution in [0.1, 0.15) is 60.9 Å². The fourth-order valence-corrected chi connectivity index (χ4v) is 6.93. The number of likely N-dealkylation sites (tertiary alicyclic amines) is 1. The number of hydrogen-bond donors (Lipinski definition) is 2. The van der Waals surface area contributed by atoms with Crippen LogP contribution in [0, 0.1) is 23.0 Å². The van der Waals surface area contributed by atoms with Crippen LogP contribution in [0.3, 0.4) is 0 Å². The molecule has 2 N–H and O–H groups in total. The largest absolute Gasteiger partial charge is 0.465 e. The smallest absolute Gasteiger partial charge is 0.409 e. The van der Waals surface area contributed by atoms with Gasteiger partial charge in [0.15, 0.2) is 17.3 Å². The van der Waals surface area contributed by atoms with Crippen molar-refractivity contribution in [2.24, 2.45) is 0 Å². The zero-order valence-electron chi connectivity index (χ0n) is 21.4. The molecule has 1 aliphatic heterocycles. The first-order valence-corrected chi connectivity index (χ1v) is 13.2. The average Bonchev–Trinajstić information content (AvgIpc) is 3.13. The second-order valence-corrected chi connectivity index (χ2v) is 10.4. The van der Waals surface area contributed by atoms with Crippen molar-refractivity contribution >= 4 is 17.3 Å². The molecule has 3 aromatic heterocycles. The highest BCUT2D eigenvalue weighted by Crippen LogP contribution is 2.55. The minimum absolute atomic E-state index is 0.0228. The van der Waals surface area contributed by atoms with E-state index in [0.717, 1.165) is 23.0 Å². The Morgan fingerprint density at radius 2 is 1.93 bits per heavy atom. The minimum atomic E-state index is -1.75. The van der Waals surface area contributed by atoms with Crippen LogP contribution in [0.5, 0.6) is 0 Å². The number of nitrogens with one attached hydrogen (secondary N) is 1. The molecule has 4 heterocycles. The molecule has 1 saturated heterocycles. The van der Waals surface area contributed by atoms with Gasteiger partial charge in [0.05, 0.1) is 17.1 Å². The zero-order chi connectivity index (χ0) is 28.0. The van der Waals surface area contributed by atoms with E-state index in [1.807, 2.05) is 6.07 Å². The Bertz CT molecular complexity index is 1710. The van der Waals surface area contributed by atoms with E-state index in [-0.39, 0.29) is 18.4 Å². The maximum absolute atomic E-state index is 16.0. The van der Waals surface area contributed by atoms with Crippen LogP contribution in [0.4, 0.5) is 13.6 Å². The van der Waals surface area contributed by atoms with Gasteiger partial charge in [-0.05, 0) is 55.5 Å². The molecule has 0 bridgehead atoms. The number of imidazole rings is 1. The molecule has 1 aromatic carbocycles. The number of piperidine rings is 1. The summed E-state index contributed by atoms with van der Waals surface area (Å²) in [4.78, 5) is 38.9. The molecule has 9 nitrogen and oxygen atoms in total. The summed E-state index contributed by atoms with van der Waals surface area (Å²) in [5.74, 6) is -3.02. The first-order chi connectivity index (χ1) is 19.4. The molecule has 1 amide bonds. The Morgan fingerprint density at radius 3 is 2.73 bits per heavy atom. The number of rotatable bonds is 3. The summed E-state index contributed by atoms with van der Waals surface area (Å²) in [7, 11) is 0. The van der Waals surface area contributed by atoms with Crippen LogP contribution >= 0.6 is 0 Å². The molecule has 0 saturated carbocycles. The Hall–Kier alpha value is -4.59. The summed E-state index contributed by atoms with van der Waals surface area (Å²) in [6.07, 6.45) is 4.24. The van der Waals surface area contributed by atoms with Crippen molar-refractivity contribution in [1.82, 2.24) is 24.4 Å². The maximum Gasteiger partial charge on any atom is 0.409 e. The molecule has 4 aromatic rings. The molecule has 4 atom stereocenters. The fourth-order valence-electron chi connectivity index (χ4n) is 6.93. The van der Waals surface area contributed by atoms with Gasteiger partial charge in [-0.2, -0.15) is 5.26 Å². The number of nitriles is 1. The first kappa shape index (κ1) is 25.7. The van der Waals surface area contributed by atoms with E-state index in [0.29, 0.717) is 36.1 Å². The quantitative estimate of drug-likeness (QED) is 0.349. The summed E-state index contributed by atoms with van der Waals surface area (Å²) in [5, 5.41) is 21.0. The van der Waals surface area contributed by atoms with Crippen molar-refractivity contribution in [2.45, 2.75) is 62.1 Å². The summed E-state index contributed by atoms with van der Waals surface area (Å²) in [6.45, 7) is 0. The average molecular weight is 545 g/mol. The second-order valence-electron chi connectivity index (χ2n) is 10.4. The molecule has 40 heavy (non-hydrogen) atoms. The van der Waals surface area contributed by atoms with Crippen LogP contribution in [-0.4, -0.2) is 41.7 Å². The van der Waals surface area contributed by atoms with Gasteiger partial charge in [-0.1, -0.05) is 24.6 Å². The van der Waals surface area contributed by atoms with Gasteiger partial charge in [0, 0.05) is 42.0 Å². The molecule has 11 heteroatoms. The van der Waals surface area contributed by atoms with E-state index in [2.05, 4.69) is 21.0 Å². The highest BCUT2D eigenvalue weighted by Gasteiger charge is 2.58. The third-order valence-electron chi connectivity index (χ3n) is 8.43. The topological polar surface area (TPSA) is 128 Å². The van der Waals surface area contributed by atoms with Gasteiger partial charge in [0.2, 0.25) is 0 Å². The number of aromatic nitrogens is 4. The Kier molecular flexibility index (Phi) is 6.33. The Morgan fingerprint density at radius 1 is 1.12 bits per heavy atom. The lowest BCUT2D eigenvalue weighted by Gasteiger charge is -2.54.